The average Bonchev–Trinajstić information content (AvgIpc) is 2.59. The molecule has 1 aromatic carbocycles. The van der Waals surface area contributed by atoms with Crippen LogP contribution in [0.3, 0.4) is 0 Å². The molecular formula is C20H32N2O2. The summed E-state index contributed by atoms with van der Waals surface area (Å²) in [6.07, 6.45) is 8.21. The summed E-state index contributed by atoms with van der Waals surface area (Å²) in [5, 5.41) is 0. The average molecular weight is 332 g/mol. The predicted molar refractivity (Wildman–Crippen MR) is 97.3 cm³/mol. The summed E-state index contributed by atoms with van der Waals surface area (Å²) in [5.74, 6) is 5.71. The second-order valence-corrected chi connectivity index (χ2v) is 7.72. The van der Waals surface area contributed by atoms with Gasteiger partial charge < -0.3 is 20.9 Å². The summed E-state index contributed by atoms with van der Waals surface area (Å²) in [6.45, 7) is 0.615. The Kier molecular flexibility index (Phi) is 5.67. The molecule has 4 bridgehead atoms. The van der Waals surface area contributed by atoms with Crippen LogP contribution in [0.25, 0.3) is 0 Å². The predicted octanol–water partition coefficient (Wildman–Crippen LogP) is 2.97. The number of benzene rings is 1. The Labute approximate surface area is 145 Å². The molecular weight excluding hydrogens is 300 g/mol. The number of hydrogen-bond donors (Lipinski definition) is 2. The molecule has 0 atom stereocenters. The van der Waals surface area contributed by atoms with Gasteiger partial charge in [0.15, 0.2) is 0 Å². The van der Waals surface area contributed by atoms with Crippen LogP contribution in [-0.2, 0) is 6.42 Å². The number of ether oxygens (including phenoxy) is 2. The Hall–Kier alpha value is -1.26. The number of rotatable bonds is 4. The summed E-state index contributed by atoms with van der Waals surface area (Å²) in [6, 6.07) is 6.30. The molecule has 1 aromatic rings. The maximum atomic E-state index is 6.17. The zero-order valence-corrected chi connectivity index (χ0v) is 15.0. The maximum Gasteiger partial charge on any atom is 0.122 e. The minimum atomic E-state index is 0.586. The Balaban J connectivity index is 0.000000142. The fraction of sp³-hybridized carbons (Fsp3) is 0.700. The summed E-state index contributed by atoms with van der Waals surface area (Å²) in [4.78, 5) is 0. The zero-order chi connectivity index (χ0) is 17.1. The summed E-state index contributed by atoms with van der Waals surface area (Å²) >= 11 is 0. The minimum Gasteiger partial charge on any atom is -0.497 e. The van der Waals surface area contributed by atoms with Crippen LogP contribution in [0.4, 0.5) is 0 Å². The molecule has 0 unspecified atom stereocenters. The molecule has 4 saturated carbocycles. The van der Waals surface area contributed by atoms with Gasteiger partial charge in [0.25, 0.3) is 0 Å². The second kappa shape index (κ2) is 7.75. The summed E-state index contributed by atoms with van der Waals surface area (Å²) < 4.78 is 10.3. The van der Waals surface area contributed by atoms with E-state index in [1.165, 1.54) is 25.7 Å². The molecule has 4 heteroatoms. The first-order chi connectivity index (χ1) is 11.6. The third kappa shape index (κ3) is 3.70. The van der Waals surface area contributed by atoms with Gasteiger partial charge in [0.1, 0.15) is 11.5 Å². The highest BCUT2D eigenvalue weighted by Crippen LogP contribution is 2.52. The Morgan fingerprint density at radius 2 is 1.58 bits per heavy atom. The molecule has 0 aliphatic heterocycles. The van der Waals surface area contributed by atoms with Gasteiger partial charge in [-0.05, 0) is 92.5 Å². The standard InChI is InChI=1S/C10H15NO2.C10H17N/c1-12-9-3-4-10(13-2)8(7-9)5-6-11;11-10-8-2-6-1-7(4-8)5-9(10)3-6/h3-4,7H,5-6,11H2,1-2H3;6-10H,1-5,11H2. The summed E-state index contributed by atoms with van der Waals surface area (Å²) in [7, 11) is 3.30. The van der Waals surface area contributed by atoms with Crippen LogP contribution in [0.5, 0.6) is 11.5 Å². The van der Waals surface area contributed by atoms with E-state index < -0.39 is 0 Å². The highest BCUT2D eigenvalue weighted by molar-refractivity contribution is 5.40. The number of hydrogen-bond acceptors (Lipinski definition) is 4. The van der Waals surface area contributed by atoms with Crippen LogP contribution in [0.2, 0.25) is 0 Å². The quantitative estimate of drug-likeness (QED) is 0.889. The van der Waals surface area contributed by atoms with Gasteiger partial charge in [0, 0.05) is 6.04 Å². The molecule has 4 aliphatic carbocycles. The molecule has 4 nitrogen and oxygen atoms in total. The molecule has 4 aliphatic rings. The lowest BCUT2D eigenvalue weighted by Crippen LogP contribution is -2.52. The van der Waals surface area contributed by atoms with Crippen molar-refractivity contribution in [3.8, 4) is 11.5 Å². The van der Waals surface area contributed by atoms with Crippen molar-refractivity contribution in [3.05, 3.63) is 23.8 Å². The molecule has 0 heterocycles. The van der Waals surface area contributed by atoms with Gasteiger partial charge in [-0.3, -0.25) is 0 Å². The third-order valence-corrected chi connectivity index (χ3v) is 6.20. The van der Waals surface area contributed by atoms with Crippen molar-refractivity contribution in [2.24, 2.45) is 35.1 Å². The lowest BCUT2D eigenvalue weighted by Gasteiger charge is -2.53. The molecule has 0 amide bonds. The van der Waals surface area contributed by atoms with Crippen LogP contribution in [0.1, 0.15) is 37.7 Å². The number of methoxy groups -OCH3 is 2. The van der Waals surface area contributed by atoms with Crippen molar-refractivity contribution in [3.63, 3.8) is 0 Å². The van der Waals surface area contributed by atoms with Crippen LogP contribution in [-0.4, -0.2) is 26.8 Å². The van der Waals surface area contributed by atoms with Crippen molar-refractivity contribution < 1.29 is 9.47 Å². The van der Waals surface area contributed by atoms with E-state index in [2.05, 4.69) is 0 Å². The molecule has 5 rings (SSSR count). The third-order valence-electron chi connectivity index (χ3n) is 6.20. The van der Waals surface area contributed by atoms with Crippen LogP contribution < -0.4 is 20.9 Å². The first kappa shape index (κ1) is 17.6. The highest BCUT2D eigenvalue weighted by Gasteiger charge is 2.46. The minimum absolute atomic E-state index is 0.586. The first-order valence-corrected chi connectivity index (χ1v) is 9.31. The van der Waals surface area contributed by atoms with Gasteiger partial charge in [-0.1, -0.05) is 0 Å². The maximum absolute atomic E-state index is 6.17. The van der Waals surface area contributed by atoms with Crippen molar-refractivity contribution in [1.82, 2.24) is 0 Å². The lowest BCUT2D eigenvalue weighted by molar-refractivity contribution is 0.000349. The lowest BCUT2D eigenvalue weighted by atomic mass is 9.54. The van der Waals surface area contributed by atoms with Gasteiger partial charge in [-0.2, -0.15) is 0 Å². The largest absolute Gasteiger partial charge is 0.497 e. The van der Waals surface area contributed by atoms with E-state index in [1.54, 1.807) is 20.6 Å². The second-order valence-electron chi connectivity index (χ2n) is 7.72. The van der Waals surface area contributed by atoms with E-state index in [-0.39, 0.29) is 0 Å². The molecule has 0 aromatic heterocycles. The molecule has 0 radical (unpaired) electrons. The van der Waals surface area contributed by atoms with Gasteiger partial charge >= 0.3 is 0 Å². The molecule has 4 N–H and O–H groups in total. The van der Waals surface area contributed by atoms with Gasteiger partial charge in [-0.25, -0.2) is 0 Å². The molecule has 4 fully saturated rings. The fourth-order valence-corrected chi connectivity index (χ4v) is 5.20. The normalized spacial score (nSPS) is 32.9. The van der Waals surface area contributed by atoms with Crippen molar-refractivity contribution >= 4 is 0 Å². The monoisotopic (exact) mass is 332 g/mol. The van der Waals surface area contributed by atoms with Crippen LogP contribution >= 0.6 is 0 Å². The topological polar surface area (TPSA) is 70.5 Å². The van der Waals surface area contributed by atoms with Crippen LogP contribution in [0, 0.1) is 23.7 Å². The molecule has 134 valence electrons. The molecule has 0 saturated heterocycles. The smallest absolute Gasteiger partial charge is 0.122 e. The van der Waals surface area contributed by atoms with Crippen molar-refractivity contribution in [2.45, 2.75) is 44.6 Å². The van der Waals surface area contributed by atoms with E-state index in [4.69, 9.17) is 20.9 Å². The van der Waals surface area contributed by atoms with Crippen molar-refractivity contribution in [1.29, 1.82) is 0 Å². The van der Waals surface area contributed by atoms with E-state index >= 15 is 0 Å². The van der Waals surface area contributed by atoms with E-state index in [0.29, 0.717) is 12.6 Å². The van der Waals surface area contributed by atoms with E-state index in [9.17, 15) is 0 Å². The molecule has 0 spiro atoms. The SMILES string of the molecule is COc1ccc(OC)c(CCN)c1.NC1C2CC3CC(C2)CC1C3. The van der Waals surface area contributed by atoms with Crippen LogP contribution in [0.15, 0.2) is 18.2 Å². The van der Waals surface area contributed by atoms with Gasteiger partial charge in [0.2, 0.25) is 0 Å². The van der Waals surface area contributed by atoms with Gasteiger partial charge in [0.05, 0.1) is 14.2 Å². The first-order valence-electron chi connectivity index (χ1n) is 9.31. The zero-order valence-electron chi connectivity index (χ0n) is 15.0. The molecule has 24 heavy (non-hydrogen) atoms. The Bertz CT molecular complexity index is 518. The van der Waals surface area contributed by atoms with Gasteiger partial charge in [-0.15, -0.1) is 0 Å². The summed E-state index contributed by atoms with van der Waals surface area (Å²) in [5.41, 5.74) is 12.7. The Morgan fingerprint density at radius 1 is 0.958 bits per heavy atom. The van der Waals surface area contributed by atoms with E-state index in [1.807, 2.05) is 18.2 Å². The highest BCUT2D eigenvalue weighted by atomic mass is 16.5. The number of nitrogens with two attached hydrogens (primary N) is 2. The van der Waals surface area contributed by atoms with E-state index in [0.717, 1.165) is 47.2 Å². The Morgan fingerprint density at radius 3 is 2.08 bits per heavy atom. The van der Waals surface area contributed by atoms with Crippen molar-refractivity contribution in [2.75, 3.05) is 20.8 Å². The fourth-order valence-electron chi connectivity index (χ4n) is 5.20.